The van der Waals surface area contributed by atoms with Crippen molar-refractivity contribution in [1.29, 1.82) is 0 Å². The van der Waals surface area contributed by atoms with Crippen molar-refractivity contribution in [2.24, 2.45) is 0 Å². The van der Waals surface area contributed by atoms with Gasteiger partial charge in [0.05, 0.1) is 11.3 Å². The minimum atomic E-state index is -0.458. The van der Waals surface area contributed by atoms with Crippen LogP contribution in [0.3, 0.4) is 0 Å². The number of benzene rings is 3. The molecule has 1 N–H and O–H groups in total. The number of carbonyl (C=O) groups is 1. The SMILES string of the molecule is O=C(OCc1nnnn1-c1ccccc1)c1ccc(-c2ccc(O)cc2)cc1. The average Bonchev–Trinajstić information content (AvgIpc) is 3.22. The van der Waals surface area contributed by atoms with Gasteiger partial charge in [0.25, 0.3) is 0 Å². The van der Waals surface area contributed by atoms with Crippen LogP contribution in [0.25, 0.3) is 16.8 Å². The normalized spacial score (nSPS) is 10.6. The van der Waals surface area contributed by atoms with Crippen LogP contribution in [0, 0.1) is 0 Å². The number of hydrogen-bond acceptors (Lipinski definition) is 6. The van der Waals surface area contributed by atoms with E-state index in [1.165, 1.54) is 4.68 Å². The number of hydrogen-bond donors (Lipinski definition) is 1. The number of tetrazole rings is 1. The molecule has 0 bridgehead atoms. The summed E-state index contributed by atoms with van der Waals surface area (Å²) in [5.74, 6) is 0.182. The minimum absolute atomic E-state index is 0.0412. The molecule has 4 aromatic rings. The first kappa shape index (κ1) is 17.4. The van der Waals surface area contributed by atoms with Crippen molar-refractivity contribution in [1.82, 2.24) is 20.2 Å². The van der Waals surface area contributed by atoms with E-state index in [2.05, 4.69) is 15.5 Å². The van der Waals surface area contributed by atoms with Gasteiger partial charge in [-0.15, -0.1) is 5.10 Å². The summed E-state index contributed by atoms with van der Waals surface area (Å²) < 4.78 is 6.89. The average molecular weight is 372 g/mol. The summed E-state index contributed by atoms with van der Waals surface area (Å²) in [5, 5.41) is 20.9. The molecule has 1 heterocycles. The Kier molecular flexibility index (Phi) is 4.79. The lowest BCUT2D eigenvalue weighted by molar-refractivity contribution is 0.0459. The second-order valence-corrected chi connectivity index (χ2v) is 6.04. The second kappa shape index (κ2) is 7.71. The van der Waals surface area contributed by atoms with E-state index in [4.69, 9.17) is 4.74 Å². The van der Waals surface area contributed by atoms with E-state index in [1.54, 1.807) is 24.3 Å². The number of esters is 1. The van der Waals surface area contributed by atoms with E-state index in [9.17, 15) is 9.90 Å². The van der Waals surface area contributed by atoms with Gasteiger partial charge in [0.1, 0.15) is 5.75 Å². The Morgan fingerprint density at radius 2 is 1.54 bits per heavy atom. The van der Waals surface area contributed by atoms with Crippen LogP contribution in [0.15, 0.2) is 78.9 Å². The summed E-state index contributed by atoms with van der Waals surface area (Å²) in [5.41, 5.74) is 3.10. The van der Waals surface area contributed by atoms with E-state index in [-0.39, 0.29) is 12.4 Å². The van der Waals surface area contributed by atoms with Gasteiger partial charge in [-0.25, -0.2) is 4.79 Å². The predicted octanol–water partition coefficient (Wildman–Crippen LogP) is 3.39. The minimum Gasteiger partial charge on any atom is -0.508 e. The Morgan fingerprint density at radius 3 is 2.21 bits per heavy atom. The third kappa shape index (κ3) is 3.73. The van der Waals surface area contributed by atoms with Gasteiger partial charge in [-0.1, -0.05) is 42.5 Å². The summed E-state index contributed by atoms with van der Waals surface area (Å²) in [6, 6.07) is 23.3. The maximum absolute atomic E-state index is 12.3. The van der Waals surface area contributed by atoms with Crippen molar-refractivity contribution in [3.8, 4) is 22.6 Å². The topological polar surface area (TPSA) is 90.1 Å². The van der Waals surface area contributed by atoms with Gasteiger partial charge < -0.3 is 9.84 Å². The highest BCUT2D eigenvalue weighted by Crippen LogP contribution is 2.22. The summed E-state index contributed by atoms with van der Waals surface area (Å²) >= 11 is 0. The number of para-hydroxylation sites is 1. The van der Waals surface area contributed by atoms with Crippen LogP contribution in [-0.2, 0) is 11.3 Å². The van der Waals surface area contributed by atoms with Crippen molar-refractivity contribution < 1.29 is 14.6 Å². The van der Waals surface area contributed by atoms with E-state index in [0.29, 0.717) is 11.4 Å². The van der Waals surface area contributed by atoms with Crippen LogP contribution in [0.1, 0.15) is 16.2 Å². The van der Waals surface area contributed by atoms with E-state index >= 15 is 0 Å². The monoisotopic (exact) mass is 372 g/mol. The lowest BCUT2D eigenvalue weighted by Gasteiger charge is -2.07. The fraction of sp³-hybridized carbons (Fsp3) is 0.0476. The summed E-state index contributed by atoms with van der Waals surface area (Å²) in [7, 11) is 0. The molecule has 0 aliphatic carbocycles. The Morgan fingerprint density at radius 1 is 0.893 bits per heavy atom. The molecule has 0 saturated carbocycles. The van der Waals surface area contributed by atoms with Crippen molar-refractivity contribution in [3.05, 3.63) is 90.3 Å². The molecule has 0 spiro atoms. The molecule has 3 aromatic carbocycles. The van der Waals surface area contributed by atoms with Gasteiger partial charge in [0.2, 0.25) is 0 Å². The first-order chi connectivity index (χ1) is 13.7. The molecule has 0 amide bonds. The maximum Gasteiger partial charge on any atom is 0.338 e. The number of phenols is 1. The van der Waals surface area contributed by atoms with Crippen molar-refractivity contribution in [2.75, 3.05) is 0 Å². The van der Waals surface area contributed by atoms with Crippen molar-refractivity contribution in [2.45, 2.75) is 6.61 Å². The van der Waals surface area contributed by atoms with Crippen LogP contribution in [0.5, 0.6) is 5.75 Å². The molecule has 138 valence electrons. The summed E-state index contributed by atoms with van der Waals surface area (Å²) in [4.78, 5) is 12.3. The molecule has 28 heavy (non-hydrogen) atoms. The van der Waals surface area contributed by atoms with Gasteiger partial charge in [-0.05, 0) is 58.0 Å². The maximum atomic E-state index is 12.3. The molecule has 0 fully saturated rings. The zero-order valence-electron chi connectivity index (χ0n) is 14.8. The summed E-state index contributed by atoms with van der Waals surface area (Å²) in [6.07, 6.45) is 0. The fourth-order valence-electron chi connectivity index (χ4n) is 2.73. The lowest BCUT2D eigenvalue weighted by atomic mass is 10.0. The molecular formula is C21H16N4O3. The number of aromatic nitrogens is 4. The smallest absolute Gasteiger partial charge is 0.338 e. The van der Waals surface area contributed by atoms with Crippen LogP contribution >= 0.6 is 0 Å². The molecule has 0 saturated heterocycles. The largest absolute Gasteiger partial charge is 0.508 e. The molecule has 1 aromatic heterocycles. The van der Waals surface area contributed by atoms with Gasteiger partial charge in [0.15, 0.2) is 12.4 Å². The molecule has 7 heteroatoms. The molecule has 0 aliphatic heterocycles. The molecule has 0 unspecified atom stereocenters. The third-order valence-electron chi connectivity index (χ3n) is 4.19. The third-order valence-corrected chi connectivity index (χ3v) is 4.19. The number of ether oxygens (including phenoxy) is 1. The lowest BCUT2D eigenvalue weighted by Crippen LogP contribution is -2.10. The van der Waals surface area contributed by atoms with E-state index in [1.807, 2.05) is 54.6 Å². The highest BCUT2D eigenvalue weighted by atomic mass is 16.5. The number of carbonyl (C=O) groups excluding carboxylic acids is 1. The number of nitrogens with zero attached hydrogens (tertiary/aromatic N) is 4. The summed E-state index contributed by atoms with van der Waals surface area (Å²) in [6.45, 7) is -0.0412. The van der Waals surface area contributed by atoms with Gasteiger partial charge in [0, 0.05) is 0 Å². The van der Waals surface area contributed by atoms with Crippen LogP contribution in [-0.4, -0.2) is 31.3 Å². The molecule has 7 nitrogen and oxygen atoms in total. The Balaban J connectivity index is 1.44. The number of aromatic hydroxyl groups is 1. The first-order valence-corrected chi connectivity index (χ1v) is 8.60. The van der Waals surface area contributed by atoms with Crippen LogP contribution in [0.4, 0.5) is 0 Å². The zero-order valence-corrected chi connectivity index (χ0v) is 14.8. The molecule has 0 radical (unpaired) electrons. The quantitative estimate of drug-likeness (QED) is 0.540. The van der Waals surface area contributed by atoms with Crippen LogP contribution in [0.2, 0.25) is 0 Å². The van der Waals surface area contributed by atoms with Crippen molar-refractivity contribution in [3.63, 3.8) is 0 Å². The number of rotatable bonds is 5. The molecule has 4 rings (SSSR count). The predicted molar refractivity (Wildman–Crippen MR) is 102 cm³/mol. The zero-order chi connectivity index (χ0) is 19.3. The molecular weight excluding hydrogens is 356 g/mol. The highest BCUT2D eigenvalue weighted by molar-refractivity contribution is 5.90. The van der Waals surface area contributed by atoms with E-state index < -0.39 is 5.97 Å². The van der Waals surface area contributed by atoms with Crippen molar-refractivity contribution >= 4 is 5.97 Å². The Labute approximate surface area is 160 Å². The van der Waals surface area contributed by atoms with Gasteiger partial charge in [-0.3, -0.25) is 0 Å². The Bertz CT molecular complexity index is 1070. The van der Waals surface area contributed by atoms with Crippen LogP contribution < -0.4 is 0 Å². The van der Waals surface area contributed by atoms with E-state index in [0.717, 1.165) is 16.8 Å². The highest BCUT2D eigenvalue weighted by Gasteiger charge is 2.13. The van der Waals surface area contributed by atoms with Gasteiger partial charge >= 0.3 is 5.97 Å². The first-order valence-electron chi connectivity index (χ1n) is 8.60. The Hall–Kier alpha value is -4.00. The standard InChI is InChI=1S/C21H16N4O3/c26-19-12-10-16(11-13-19)15-6-8-17(9-7-15)21(27)28-14-20-22-23-24-25(20)18-4-2-1-3-5-18/h1-13,26H,14H2. The fourth-order valence-corrected chi connectivity index (χ4v) is 2.73. The molecule has 0 aliphatic rings. The number of phenolic OH excluding ortho intramolecular Hbond substituents is 1. The molecule has 0 atom stereocenters. The van der Waals surface area contributed by atoms with Gasteiger partial charge in [-0.2, -0.15) is 4.68 Å². The second-order valence-electron chi connectivity index (χ2n) is 6.04.